The van der Waals surface area contributed by atoms with Crippen molar-refractivity contribution in [3.05, 3.63) is 4.91 Å². The van der Waals surface area contributed by atoms with E-state index in [1.165, 1.54) is 4.76 Å². The molecule has 0 aliphatic rings. The number of nitroso groups, excluding NO2 is 1. The minimum Gasteiger partial charge on any atom is -0.0649 e. The van der Waals surface area contributed by atoms with E-state index in [9.17, 15) is 4.91 Å². The van der Waals surface area contributed by atoms with Crippen LogP contribution in [0.4, 0.5) is 0 Å². The van der Waals surface area contributed by atoms with Crippen LogP contribution in [0.2, 0.25) is 0 Å². The van der Waals surface area contributed by atoms with Gasteiger partial charge in [-0.2, -0.15) is 0 Å². The summed E-state index contributed by atoms with van der Waals surface area (Å²) in [6.07, 6.45) is 2.04. The van der Waals surface area contributed by atoms with Crippen molar-refractivity contribution in [2.45, 2.75) is 46.6 Å². The van der Waals surface area contributed by atoms with E-state index in [1.54, 1.807) is 0 Å². The molecule has 0 spiro atoms. The van der Waals surface area contributed by atoms with Gasteiger partial charge in [0.2, 0.25) is 6.04 Å². The van der Waals surface area contributed by atoms with Gasteiger partial charge in [-0.3, -0.25) is 0 Å². The highest BCUT2D eigenvalue weighted by atomic mass is 16.3. The van der Waals surface area contributed by atoms with Gasteiger partial charge in [0.15, 0.2) is 6.54 Å². The van der Waals surface area contributed by atoms with Gasteiger partial charge in [0.25, 0.3) is 0 Å². The molecule has 2 nitrogen and oxygen atoms in total. The molecule has 0 saturated carbocycles. The van der Waals surface area contributed by atoms with E-state index in [1.807, 2.05) is 13.8 Å². The molecular weight excluding hydrogens is 138 g/mol. The zero-order valence-electron chi connectivity index (χ0n) is 8.13. The Labute approximate surface area is 69.6 Å². The largest absolute Gasteiger partial charge is 0.201 e. The first-order valence-electron chi connectivity index (χ1n) is 4.57. The Hall–Kier alpha value is -0.400. The molecule has 0 aliphatic heterocycles. The fraction of sp³-hybridized carbons (Fsp3) is 1.00. The third kappa shape index (κ3) is 3.49. The van der Waals surface area contributed by atoms with E-state index in [2.05, 4.69) is 13.8 Å². The van der Waals surface area contributed by atoms with Gasteiger partial charge in [0, 0.05) is 28.9 Å². The van der Waals surface area contributed by atoms with E-state index in [4.69, 9.17) is 0 Å². The molecule has 66 valence electrons. The van der Waals surface area contributed by atoms with E-state index in [-0.39, 0.29) is 6.04 Å². The Kier molecular flexibility index (Phi) is 5.08. The average Bonchev–Trinajstić information content (AvgIpc) is 2.02. The molecule has 0 saturated heterocycles. The van der Waals surface area contributed by atoms with Crippen molar-refractivity contribution in [3.63, 3.8) is 0 Å². The predicted octanol–water partition coefficient (Wildman–Crippen LogP) is 2.61. The molecule has 0 fully saturated rings. The Morgan fingerprint density at radius 2 is 1.82 bits per heavy atom. The summed E-state index contributed by atoms with van der Waals surface area (Å²) in [4.78, 5) is 11.3. The van der Waals surface area contributed by atoms with Crippen molar-refractivity contribution in [1.82, 2.24) is 0 Å². The molecule has 11 heavy (non-hydrogen) atoms. The zero-order valence-corrected chi connectivity index (χ0v) is 8.13. The average molecular weight is 158 g/mol. The summed E-state index contributed by atoms with van der Waals surface area (Å²) in [7, 11) is 0. The summed E-state index contributed by atoms with van der Waals surface area (Å²) >= 11 is 0. The smallest absolute Gasteiger partial charge is 0.0649 e. The van der Waals surface area contributed by atoms with Crippen LogP contribution < -0.4 is 0 Å². The molecule has 0 aromatic rings. The number of nitrogens with zero attached hydrogens (tertiary/aromatic N) is 1. The Balaban J connectivity index is 3.80. The van der Waals surface area contributed by atoms with Gasteiger partial charge in [0.1, 0.15) is 0 Å². The topological polar surface area (TPSA) is 20.1 Å². The summed E-state index contributed by atoms with van der Waals surface area (Å²) in [6.45, 7) is 8.97. The van der Waals surface area contributed by atoms with Crippen LogP contribution in [0.5, 0.6) is 0 Å². The molecule has 2 atom stereocenters. The maximum Gasteiger partial charge on any atom is 0.201 e. The van der Waals surface area contributed by atoms with Gasteiger partial charge in [-0.05, 0) is 6.42 Å². The van der Waals surface area contributed by atoms with Gasteiger partial charge < -0.3 is 0 Å². The van der Waals surface area contributed by atoms with Crippen LogP contribution in [0.25, 0.3) is 0 Å². The van der Waals surface area contributed by atoms with E-state index in [0.717, 1.165) is 12.8 Å². The van der Waals surface area contributed by atoms with Crippen LogP contribution in [0.1, 0.15) is 40.5 Å². The summed E-state index contributed by atoms with van der Waals surface area (Å²) in [6, 6.07) is 0.181. The molecule has 0 aliphatic carbocycles. The van der Waals surface area contributed by atoms with Gasteiger partial charge in [-0.15, -0.1) is 0 Å². The Morgan fingerprint density at radius 3 is 2.18 bits per heavy atom. The van der Waals surface area contributed by atoms with Crippen LogP contribution >= 0.6 is 0 Å². The van der Waals surface area contributed by atoms with Crippen molar-refractivity contribution in [2.75, 3.05) is 6.54 Å². The number of hydrogen-bond donors (Lipinski definition) is 0. The van der Waals surface area contributed by atoms with Crippen LogP contribution in [0.3, 0.4) is 0 Å². The van der Waals surface area contributed by atoms with Gasteiger partial charge in [-0.1, -0.05) is 20.8 Å². The third-order valence-electron chi connectivity index (χ3n) is 2.37. The van der Waals surface area contributed by atoms with Crippen molar-refractivity contribution < 1.29 is 4.76 Å². The molecule has 0 bridgehead atoms. The first kappa shape index (κ1) is 10.6. The minimum atomic E-state index is 0.181. The van der Waals surface area contributed by atoms with Crippen LogP contribution in [-0.2, 0) is 0 Å². The first-order valence-corrected chi connectivity index (χ1v) is 4.57. The monoisotopic (exact) mass is 158 g/mol. The fourth-order valence-corrected chi connectivity index (χ4v) is 1.05. The molecule has 0 heterocycles. The maximum absolute atomic E-state index is 11.3. The number of rotatable bonds is 5. The van der Waals surface area contributed by atoms with E-state index < -0.39 is 0 Å². The molecule has 0 aromatic heterocycles. The quantitative estimate of drug-likeness (QED) is 0.563. The Morgan fingerprint density at radius 1 is 1.27 bits per heavy atom. The van der Waals surface area contributed by atoms with Crippen LogP contribution in [0, 0.1) is 10.8 Å². The highest BCUT2D eigenvalue weighted by molar-refractivity contribution is 4.56. The Bertz CT molecular complexity index is 123. The lowest BCUT2D eigenvalue weighted by atomic mass is 10.0. The van der Waals surface area contributed by atoms with E-state index in [0.29, 0.717) is 12.5 Å². The lowest BCUT2D eigenvalue weighted by molar-refractivity contribution is -0.590. The lowest BCUT2D eigenvalue weighted by Gasteiger charge is -2.09. The normalized spacial score (nSPS) is 16.0. The highest BCUT2D eigenvalue weighted by Crippen LogP contribution is 2.10. The van der Waals surface area contributed by atoms with Gasteiger partial charge >= 0.3 is 0 Å². The van der Waals surface area contributed by atoms with Crippen LogP contribution in [0.15, 0.2) is 0 Å². The summed E-state index contributed by atoms with van der Waals surface area (Å²) in [5.41, 5.74) is 0. The molecule has 0 aromatic carbocycles. The second-order valence-corrected chi connectivity index (χ2v) is 3.27. The molecule has 2 unspecified atom stereocenters. The second kappa shape index (κ2) is 5.28. The van der Waals surface area contributed by atoms with Crippen molar-refractivity contribution in [2.24, 2.45) is 5.92 Å². The molecule has 2 heteroatoms. The highest BCUT2D eigenvalue weighted by Gasteiger charge is 2.23. The first-order chi connectivity index (χ1) is 5.13. The van der Waals surface area contributed by atoms with Crippen molar-refractivity contribution in [3.8, 4) is 0 Å². The molecular formula is C9H20NO+. The van der Waals surface area contributed by atoms with Crippen LogP contribution in [-0.4, -0.2) is 17.3 Å². The SMILES string of the molecule is CCC[N+](=O)C(C)C(C)CC. The summed E-state index contributed by atoms with van der Waals surface area (Å²) in [5.74, 6) is 0.513. The van der Waals surface area contributed by atoms with E-state index >= 15 is 0 Å². The van der Waals surface area contributed by atoms with Crippen molar-refractivity contribution >= 4 is 0 Å². The molecule has 0 radical (unpaired) electrons. The van der Waals surface area contributed by atoms with Gasteiger partial charge in [0.05, 0.1) is 0 Å². The fourth-order valence-electron chi connectivity index (χ4n) is 1.05. The summed E-state index contributed by atoms with van der Waals surface area (Å²) in [5, 5.41) is 0. The maximum atomic E-state index is 11.3. The molecule has 0 amide bonds. The second-order valence-electron chi connectivity index (χ2n) is 3.27. The summed E-state index contributed by atoms with van der Waals surface area (Å²) < 4.78 is 1.20. The molecule has 0 N–H and O–H groups in total. The number of hydrogen-bond acceptors (Lipinski definition) is 1. The molecule has 0 rings (SSSR count). The van der Waals surface area contributed by atoms with Gasteiger partial charge in [-0.25, -0.2) is 0 Å². The predicted molar refractivity (Wildman–Crippen MR) is 47.7 cm³/mol. The lowest BCUT2D eigenvalue weighted by Crippen LogP contribution is -2.27. The zero-order chi connectivity index (χ0) is 8.85. The third-order valence-corrected chi connectivity index (χ3v) is 2.37. The standard InChI is InChI=1S/C9H20NO/c1-5-7-10(11)9(4)8(3)6-2/h8-9H,5-7H2,1-4H3/q+1. The minimum absolute atomic E-state index is 0.181. The van der Waals surface area contributed by atoms with Crippen molar-refractivity contribution in [1.29, 1.82) is 0 Å².